The lowest BCUT2D eigenvalue weighted by Gasteiger charge is -2.04. The van der Waals surface area contributed by atoms with Crippen molar-refractivity contribution < 1.29 is 42.3 Å². The number of aliphatic imine (C=N–C) groups is 6. The number of benzene rings is 6. The number of isocyanates is 6. The molecule has 362 valence electrons. The molecular weight excluding hydrogens is 1200 g/mol. The molecule has 21 heteroatoms. The fourth-order valence-electron chi connectivity index (χ4n) is 4.88. The van der Waals surface area contributed by atoms with Gasteiger partial charge in [0.05, 0.1) is 51.7 Å². The fraction of sp³-hybridized carbons (Fsp3) is 0.140. The molecule has 0 unspecified atom stereocenters. The molecule has 0 bridgehead atoms. The molecule has 0 aliphatic heterocycles. The number of hydrogen-bond acceptors (Lipinski definition) is 14. The minimum atomic E-state index is -0.531. The molecule has 6 rings (SSSR count). The van der Waals surface area contributed by atoms with Crippen molar-refractivity contribution in [1.29, 1.82) is 5.26 Å². The van der Waals surface area contributed by atoms with Gasteiger partial charge in [0.1, 0.15) is 23.1 Å². The van der Waals surface area contributed by atoms with Crippen molar-refractivity contribution in [3.05, 3.63) is 166 Å². The quantitative estimate of drug-likeness (QED) is 0.0730. The Labute approximate surface area is 445 Å². The van der Waals surface area contributed by atoms with Crippen molar-refractivity contribution in [1.82, 2.24) is 0 Å². The number of aryl methyl sites for hydroxylation is 3. The van der Waals surface area contributed by atoms with Crippen LogP contribution in [0.1, 0.15) is 42.0 Å². The van der Waals surface area contributed by atoms with Gasteiger partial charge in [-0.15, -0.1) is 0 Å². The summed E-state index contributed by atoms with van der Waals surface area (Å²) in [6, 6.07) is 30.9. The molecule has 0 N–H and O–H groups in total. The predicted octanol–water partition coefficient (Wildman–Crippen LogP) is 15.9. The molecule has 0 fully saturated rings. The molecule has 0 aromatic heterocycles. The van der Waals surface area contributed by atoms with E-state index in [9.17, 15) is 37.5 Å². The first-order chi connectivity index (χ1) is 34.0. The Bertz CT molecular complexity index is 2950. The maximum atomic E-state index is 12.6. The van der Waals surface area contributed by atoms with Gasteiger partial charge in [0.15, 0.2) is 0 Å². The topological polar surface area (TPSA) is 210 Å². The van der Waals surface area contributed by atoms with Gasteiger partial charge in [-0.1, -0.05) is 56.8 Å². The summed E-state index contributed by atoms with van der Waals surface area (Å²) >= 11 is 18.2. The fourth-order valence-corrected chi connectivity index (χ4v) is 7.53. The van der Waals surface area contributed by atoms with Crippen LogP contribution in [-0.2, 0) is 28.8 Å². The third-order valence-corrected chi connectivity index (χ3v) is 10.6. The van der Waals surface area contributed by atoms with Crippen LogP contribution in [0.25, 0.3) is 0 Å². The largest absolute Gasteiger partial charge is 0.494 e. The van der Waals surface area contributed by atoms with E-state index >= 15 is 0 Å². The standard InChI is InChI=1S/C11H13NO2.C9H8BrNO.C8H6BrNO.C8H4N2O.C7H2Br2FNO.C7H3ClFNO/c1-2-3-8-14-11-6-4-10(5-7-11)12-9-13;1-6-3-8(10)4-7(2)9(6)11-5-12;1-6-4-7(9)2-3-8(6)10-5-11;9-5-7-1-3-8(4-2-7)10-6-11;8-5-1-4(10)2-6(9)7(5)11-3-12;8-6-3-5(10-4-11)1-2-7(6)9/h4-7H,2-3,8H2,1H3;3-4H,1-2H3;2-4H,1H3;1-4H;1-2H;1-3H. The summed E-state index contributed by atoms with van der Waals surface area (Å²) in [5, 5.41) is 8.35. The smallest absolute Gasteiger partial charge is 0.240 e. The van der Waals surface area contributed by atoms with Crippen LogP contribution in [0.4, 0.5) is 42.9 Å². The number of nitriles is 1. The van der Waals surface area contributed by atoms with Crippen LogP contribution in [0.2, 0.25) is 5.02 Å². The van der Waals surface area contributed by atoms with Gasteiger partial charge in [0, 0.05) is 17.9 Å². The number of carbonyl (C=O) groups excluding carboxylic acids is 6. The van der Waals surface area contributed by atoms with E-state index in [0.717, 1.165) is 56.9 Å². The summed E-state index contributed by atoms with van der Waals surface area (Å²) in [6.45, 7) is 8.56. The highest BCUT2D eigenvalue weighted by Crippen LogP contribution is 2.34. The minimum absolute atomic E-state index is 0.0542. The first kappa shape index (κ1) is 62.0. The van der Waals surface area contributed by atoms with Crippen LogP contribution in [0.5, 0.6) is 5.75 Å². The Hall–Kier alpha value is -7.04. The zero-order valence-electron chi connectivity index (χ0n) is 37.6. The van der Waals surface area contributed by atoms with Gasteiger partial charge >= 0.3 is 0 Å². The van der Waals surface area contributed by atoms with E-state index in [4.69, 9.17) is 21.6 Å². The molecule has 0 amide bonds. The van der Waals surface area contributed by atoms with Gasteiger partial charge in [-0.3, -0.25) is 0 Å². The second-order valence-corrected chi connectivity index (χ2v) is 17.2. The van der Waals surface area contributed by atoms with Gasteiger partial charge in [0.25, 0.3) is 0 Å². The lowest BCUT2D eigenvalue weighted by Crippen LogP contribution is -1.95. The third kappa shape index (κ3) is 25.4. The number of hydrogen-bond donors (Lipinski definition) is 0. The van der Waals surface area contributed by atoms with Crippen LogP contribution in [-0.4, -0.2) is 43.1 Å². The van der Waals surface area contributed by atoms with Crippen molar-refractivity contribution in [3.63, 3.8) is 0 Å². The Morgan fingerprint density at radius 1 is 0.549 bits per heavy atom. The van der Waals surface area contributed by atoms with E-state index < -0.39 is 11.6 Å². The highest BCUT2D eigenvalue weighted by atomic mass is 79.9. The summed E-state index contributed by atoms with van der Waals surface area (Å²) in [6.07, 6.45) is 10.8. The van der Waals surface area contributed by atoms with Gasteiger partial charge in [-0.25, -0.2) is 37.5 Å². The van der Waals surface area contributed by atoms with Crippen molar-refractivity contribution in [2.24, 2.45) is 30.0 Å². The average Bonchev–Trinajstić information content (AvgIpc) is 3.33. The van der Waals surface area contributed by atoms with Gasteiger partial charge in [0.2, 0.25) is 36.5 Å². The van der Waals surface area contributed by atoms with Crippen LogP contribution < -0.4 is 4.74 Å². The molecule has 14 nitrogen and oxygen atoms in total. The van der Waals surface area contributed by atoms with E-state index in [0.29, 0.717) is 48.6 Å². The van der Waals surface area contributed by atoms with Gasteiger partial charge < -0.3 is 4.74 Å². The molecule has 0 radical (unpaired) electrons. The molecule has 71 heavy (non-hydrogen) atoms. The number of halogens is 7. The first-order valence-corrected chi connectivity index (χ1v) is 23.4. The third-order valence-electron chi connectivity index (χ3n) is 8.10. The molecule has 6 aromatic rings. The normalized spacial score (nSPS) is 8.93. The van der Waals surface area contributed by atoms with Crippen molar-refractivity contribution in [2.45, 2.75) is 40.5 Å². The lowest BCUT2D eigenvalue weighted by molar-refractivity contribution is 0.309. The van der Waals surface area contributed by atoms with E-state index in [-0.39, 0.29) is 5.02 Å². The second-order valence-electron chi connectivity index (χ2n) is 13.2. The highest BCUT2D eigenvalue weighted by Gasteiger charge is 2.06. The summed E-state index contributed by atoms with van der Waals surface area (Å²) in [4.78, 5) is 80.0. The monoisotopic (exact) mass is 1230 g/mol. The Morgan fingerprint density at radius 3 is 1.48 bits per heavy atom. The second kappa shape index (κ2) is 36.0. The zero-order chi connectivity index (χ0) is 53.1. The zero-order valence-corrected chi connectivity index (χ0v) is 44.7. The minimum Gasteiger partial charge on any atom is -0.494 e. The summed E-state index contributed by atoms with van der Waals surface area (Å²) < 4.78 is 33.4. The lowest BCUT2D eigenvalue weighted by atomic mass is 10.1. The molecule has 0 saturated carbocycles. The molecule has 0 spiro atoms. The molecular formula is C50H36Br4ClF2N7O7. The van der Waals surface area contributed by atoms with E-state index in [1.165, 1.54) is 54.7 Å². The van der Waals surface area contributed by atoms with E-state index in [1.807, 2.05) is 51.1 Å². The summed E-state index contributed by atoms with van der Waals surface area (Å²) in [5.74, 6) is -0.126. The molecule has 0 aliphatic carbocycles. The van der Waals surface area contributed by atoms with Crippen LogP contribution in [0.15, 0.2) is 157 Å². The van der Waals surface area contributed by atoms with Crippen LogP contribution in [0.3, 0.4) is 0 Å². The Kier molecular flexibility index (Phi) is 31.4. The van der Waals surface area contributed by atoms with Gasteiger partial charge in [-0.05, 0) is 185 Å². The summed E-state index contributed by atoms with van der Waals surface area (Å²) in [7, 11) is 0. The molecule has 0 atom stereocenters. The van der Waals surface area contributed by atoms with E-state index in [2.05, 4.69) is 101 Å². The number of unbranched alkanes of at least 4 members (excludes halogenated alkanes) is 1. The maximum Gasteiger partial charge on any atom is 0.240 e. The predicted molar refractivity (Wildman–Crippen MR) is 280 cm³/mol. The number of ether oxygens (including phenoxy) is 1. The summed E-state index contributed by atoms with van der Waals surface area (Å²) in [5.41, 5.74) is 6.60. The van der Waals surface area contributed by atoms with Crippen LogP contribution >= 0.6 is 75.3 Å². The number of rotatable bonds is 10. The molecule has 0 aliphatic rings. The Balaban J connectivity index is 0.000000427. The Morgan fingerprint density at radius 2 is 1.01 bits per heavy atom. The molecule has 0 saturated heterocycles. The maximum absolute atomic E-state index is 12.6. The SMILES string of the molecule is CCCCOc1ccc(N=C=O)cc1.Cc1cc(Br)cc(C)c1N=C=O.Cc1cc(Br)ccc1N=C=O.N#Cc1ccc(N=C=O)cc1.O=C=Nc1c(Br)cc(F)cc1Br.O=C=Nc1ccc(F)c(Cl)c1. The van der Waals surface area contributed by atoms with Gasteiger partial charge in [-0.2, -0.15) is 35.2 Å². The molecule has 0 heterocycles. The van der Waals surface area contributed by atoms with Crippen molar-refractivity contribution in [2.75, 3.05) is 6.61 Å². The highest BCUT2D eigenvalue weighted by molar-refractivity contribution is 9.11. The molecule has 6 aromatic carbocycles. The van der Waals surface area contributed by atoms with Crippen LogP contribution in [0, 0.1) is 43.7 Å². The van der Waals surface area contributed by atoms with Crippen molar-refractivity contribution in [3.8, 4) is 11.8 Å². The first-order valence-electron chi connectivity index (χ1n) is 19.8. The average molecular weight is 1240 g/mol. The van der Waals surface area contributed by atoms with E-state index in [1.54, 1.807) is 60.7 Å². The number of nitrogens with zero attached hydrogens (tertiary/aromatic N) is 7. The van der Waals surface area contributed by atoms with Crippen molar-refractivity contribution >= 4 is 146 Å².